The highest BCUT2D eigenvalue weighted by atomic mass is 32.2. The maximum atomic E-state index is 11.7. The SMILES string of the molecule is CC(CN)CCC(=O)Nc1ccccc1S(N)(=O)=O. The Labute approximate surface area is 113 Å². The Morgan fingerprint density at radius 2 is 2.00 bits per heavy atom. The first-order chi connectivity index (χ1) is 8.84. The van der Waals surface area contributed by atoms with E-state index in [1.54, 1.807) is 12.1 Å². The van der Waals surface area contributed by atoms with Gasteiger partial charge in [0.15, 0.2) is 0 Å². The van der Waals surface area contributed by atoms with Gasteiger partial charge in [-0.15, -0.1) is 0 Å². The lowest BCUT2D eigenvalue weighted by Gasteiger charge is -2.11. The number of rotatable bonds is 6. The molecule has 0 aliphatic heterocycles. The Bertz CT molecular complexity index is 543. The molecule has 106 valence electrons. The first kappa shape index (κ1) is 15.6. The van der Waals surface area contributed by atoms with Gasteiger partial charge < -0.3 is 11.1 Å². The Morgan fingerprint density at radius 1 is 1.37 bits per heavy atom. The van der Waals surface area contributed by atoms with Gasteiger partial charge in [-0.1, -0.05) is 19.1 Å². The lowest BCUT2D eigenvalue weighted by atomic mass is 10.1. The van der Waals surface area contributed by atoms with E-state index in [2.05, 4.69) is 5.32 Å². The Hall–Kier alpha value is -1.44. The van der Waals surface area contributed by atoms with Crippen molar-refractivity contribution in [2.24, 2.45) is 16.8 Å². The molecule has 0 spiro atoms. The molecule has 1 unspecified atom stereocenters. The van der Waals surface area contributed by atoms with Crippen LogP contribution in [0.4, 0.5) is 5.69 Å². The number of anilines is 1. The number of amides is 1. The molecule has 1 amide bonds. The minimum absolute atomic E-state index is 0.0878. The van der Waals surface area contributed by atoms with E-state index in [0.717, 1.165) is 0 Å². The largest absolute Gasteiger partial charge is 0.330 e. The van der Waals surface area contributed by atoms with Gasteiger partial charge in [0.25, 0.3) is 0 Å². The highest BCUT2D eigenvalue weighted by Gasteiger charge is 2.15. The number of para-hydroxylation sites is 1. The normalized spacial score (nSPS) is 13.0. The molecule has 1 aromatic rings. The van der Waals surface area contributed by atoms with Crippen molar-refractivity contribution in [3.8, 4) is 0 Å². The number of nitrogens with one attached hydrogen (secondary N) is 1. The molecule has 0 fully saturated rings. The second kappa shape index (κ2) is 6.65. The number of carbonyl (C=O) groups excluding carboxylic acids is 1. The molecule has 0 radical (unpaired) electrons. The highest BCUT2D eigenvalue weighted by Crippen LogP contribution is 2.19. The van der Waals surface area contributed by atoms with Gasteiger partial charge in [0.05, 0.1) is 5.69 Å². The van der Waals surface area contributed by atoms with Crippen LogP contribution in [0.3, 0.4) is 0 Å². The Balaban J connectivity index is 2.75. The third-order valence-electron chi connectivity index (χ3n) is 2.73. The molecule has 0 saturated carbocycles. The van der Waals surface area contributed by atoms with Crippen LogP contribution in [-0.4, -0.2) is 20.9 Å². The number of carbonyl (C=O) groups is 1. The number of benzene rings is 1. The fourth-order valence-electron chi connectivity index (χ4n) is 1.53. The Morgan fingerprint density at radius 3 is 2.58 bits per heavy atom. The number of hydrogen-bond acceptors (Lipinski definition) is 4. The number of nitrogens with two attached hydrogens (primary N) is 2. The van der Waals surface area contributed by atoms with Gasteiger partial charge in [-0.2, -0.15) is 0 Å². The fraction of sp³-hybridized carbons (Fsp3) is 0.417. The minimum atomic E-state index is -3.85. The van der Waals surface area contributed by atoms with E-state index in [-0.39, 0.29) is 28.8 Å². The lowest BCUT2D eigenvalue weighted by molar-refractivity contribution is -0.116. The van der Waals surface area contributed by atoms with Crippen LogP contribution in [0.2, 0.25) is 0 Å². The van der Waals surface area contributed by atoms with Crippen molar-refractivity contribution in [1.82, 2.24) is 0 Å². The zero-order valence-corrected chi connectivity index (χ0v) is 11.6. The topological polar surface area (TPSA) is 115 Å². The highest BCUT2D eigenvalue weighted by molar-refractivity contribution is 7.89. The van der Waals surface area contributed by atoms with E-state index < -0.39 is 10.0 Å². The summed E-state index contributed by atoms with van der Waals surface area (Å²) < 4.78 is 22.7. The summed E-state index contributed by atoms with van der Waals surface area (Å²) in [6.45, 7) is 2.46. The van der Waals surface area contributed by atoms with Crippen molar-refractivity contribution >= 4 is 21.6 Å². The van der Waals surface area contributed by atoms with Crippen molar-refractivity contribution in [2.75, 3.05) is 11.9 Å². The quantitative estimate of drug-likeness (QED) is 0.711. The summed E-state index contributed by atoms with van der Waals surface area (Å²) in [5.41, 5.74) is 5.67. The second-order valence-electron chi connectivity index (χ2n) is 4.47. The van der Waals surface area contributed by atoms with Crippen LogP contribution in [-0.2, 0) is 14.8 Å². The zero-order chi connectivity index (χ0) is 14.5. The van der Waals surface area contributed by atoms with E-state index in [0.29, 0.717) is 13.0 Å². The molecule has 0 aliphatic rings. The van der Waals surface area contributed by atoms with Crippen molar-refractivity contribution in [3.05, 3.63) is 24.3 Å². The van der Waals surface area contributed by atoms with Gasteiger partial charge in [-0.3, -0.25) is 4.79 Å². The lowest BCUT2D eigenvalue weighted by Crippen LogP contribution is -2.19. The first-order valence-electron chi connectivity index (χ1n) is 5.96. The molecule has 0 aliphatic carbocycles. The zero-order valence-electron chi connectivity index (χ0n) is 10.8. The maximum absolute atomic E-state index is 11.7. The predicted molar refractivity (Wildman–Crippen MR) is 73.9 cm³/mol. The third-order valence-corrected chi connectivity index (χ3v) is 3.70. The molecule has 1 atom stereocenters. The molecule has 5 N–H and O–H groups in total. The van der Waals surface area contributed by atoms with Gasteiger partial charge in [-0.25, -0.2) is 13.6 Å². The Kier molecular flexibility index (Phi) is 5.46. The van der Waals surface area contributed by atoms with Gasteiger partial charge >= 0.3 is 0 Å². The molecule has 0 saturated heterocycles. The maximum Gasteiger partial charge on any atom is 0.240 e. The van der Waals surface area contributed by atoms with Crippen LogP contribution in [0, 0.1) is 5.92 Å². The fourth-order valence-corrected chi connectivity index (χ4v) is 2.22. The molecule has 0 aromatic heterocycles. The van der Waals surface area contributed by atoms with Gasteiger partial charge in [0.1, 0.15) is 4.90 Å². The van der Waals surface area contributed by atoms with Gasteiger partial charge in [0.2, 0.25) is 15.9 Å². The van der Waals surface area contributed by atoms with Crippen LogP contribution in [0.5, 0.6) is 0 Å². The summed E-state index contributed by atoms with van der Waals surface area (Å²) in [5, 5.41) is 7.64. The van der Waals surface area contributed by atoms with E-state index in [4.69, 9.17) is 10.9 Å². The van der Waals surface area contributed by atoms with Crippen LogP contribution in [0.25, 0.3) is 0 Å². The summed E-state index contributed by atoms with van der Waals surface area (Å²) in [4.78, 5) is 11.6. The van der Waals surface area contributed by atoms with E-state index in [1.165, 1.54) is 12.1 Å². The number of primary sulfonamides is 1. The molecule has 0 bridgehead atoms. The molecule has 1 aromatic carbocycles. The summed E-state index contributed by atoms with van der Waals surface area (Å²) in [5.74, 6) is -0.00404. The average molecular weight is 285 g/mol. The summed E-state index contributed by atoms with van der Waals surface area (Å²) in [7, 11) is -3.85. The van der Waals surface area contributed by atoms with Crippen LogP contribution in [0.1, 0.15) is 19.8 Å². The molecule has 1 rings (SSSR count). The predicted octanol–water partition coefficient (Wildman–Crippen LogP) is 0.647. The second-order valence-corrected chi connectivity index (χ2v) is 6.00. The number of sulfonamides is 1. The van der Waals surface area contributed by atoms with Gasteiger partial charge in [0, 0.05) is 6.42 Å². The van der Waals surface area contributed by atoms with Crippen LogP contribution >= 0.6 is 0 Å². The third kappa shape index (κ3) is 4.98. The molecular weight excluding hydrogens is 266 g/mol. The standard InChI is InChI=1S/C12H19N3O3S/c1-9(8-13)6-7-12(16)15-10-4-2-3-5-11(10)19(14,17)18/h2-5,9H,6-8,13H2,1H3,(H,15,16)(H2,14,17,18). The van der Waals surface area contributed by atoms with Crippen molar-refractivity contribution in [2.45, 2.75) is 24.7 Å². The smallest absolute Gasteiger partial charge is 0.240 e. The monoisotopic (exact) mass is 285 g/mol. The van der Waals surface area contributed by atoms with Crippen LogP contribution in [0.15, 0.2) is 29.2 Å². The van der Waals surface area contributed by atoms with Crippen molar-refractivity contribution < 1.29 is 13.2 Å². The first-order valence-corrected chi connectivity index (χ1v) is 7.51. The van der Waals surface area contributed by atoms with Crippen LogP contribution < -0.4 is 16.2 Å². The van der Waals surface area contributed by atoms with Crippen molar-refractivity contribution in [1.29, 1.82) is 0 Å². The van der Waals surface area contributed by atoms with E-state index in [1.807, 2.05) is 6.92 Å². The van der Waals surface area contributed by atoms with E-state index in [9.17, 15) is 13.2 Å². The minimum Gasteiger partial charge on any atom is -0.330 e. The summed E-state index contributed by atoms with van der Waals surface area (Å²) in [6.07, 6.45) is 0.942. The van der Waals surface area contributed by atoms with E-state index >= 15 is 0 Å². The number of hydrogen-bond donors (Lipinski definition) is 3. The molecule has 0 heterocycles. The summed E-state index contributed by atoms with van der Waals surface area (Å²) >= 11 is 0. The molecule has 19 heavy (non-hydrogen) atoms. The summed E-state index contributed by atoms with van der Waals surface area (Å²) in [6, 6.07) is 6.04. The molecular formula is C12H19N3O3S. The van der Waals surface area contributed by atoms with Gasteiger partial charge in [-0.05, 0) is 31.0 Å². The van der Waals surface area contributed by atoms with Crippen molar-refractivity contribution in [3.63, 3.8) is 0 Å². The average Bonchev–Trinajstić information content (AvgIpc) is 2.35. The molecule has 7 heteroatoms. The molecule has 6 nitrogen and oxygen atoms in total.